The third kappa shape index (κ3) is 6.47. The van der Waals surface area contributed by atoms with E-state index in [1.807, 2.05) is 0 Å². The molecular formula is C8H9BF3KO2. The summed E-state index contributed by atoms with van der Waals surface area (Å²) >= 11 is 0. The van der Waals surface area contributed by atoms with Crippen molar-refractivity contribution in [3.63, 3.8) is 0 Å². The van der Waals surface area contributed by atoms with Crippen molar-refractivity contribution in [2.24, 2.45) is 0 Å². The zero-order valence-electron chi connectivity index (χ0n) is 8.54. The minimum atomic E-state index is -4.90. The second-order valence-electron chi connectivity index (χ2n) is 2.70. The Morgan fingerprint density at radius 3 is 1.93 bits per heavy atom. The van der Waals surface area contributed by atoms with Gasteiger partial charge >= 0.3 is 58.4 Å². The van der Waals surface area contributed by atoms with E-state index in [0.29, 0.717) is 5.75 Å². The smallest absolute Gasteiger partial charge is 0.522 e. The molecule has 0 saturated heterocycles. The minimum Gasteiger partial charge on any atom is -0.522 e. The van der Waals surface area contributed by atoms with Crippen LogP contribution in [0.25, 0.3) is 0 Å². The molecule has 2 nitrogen and oxygen atoms in total. The monoisotopic (exact) mass is 244 g/mol. The molecule has 0 bridgehead atoms. The number of ether oxygens (including phenoxy) is 2. The van der Waals surface area contributed by atoms with Gasteiger partial charge in [-0.05, 0) is 24.3 Å². The molecule has 1 rings (SSSR count). The summed E-state index contributed by atoms with van der Waals surface area (Å²) < 4.78 is 44.8. The maximum absolute atomic E-state index is 11.8. The molecular weight excluding hydrogens is 235 g/mol. The summed E-state index contributed by atoms with van der Waals surface area (Å²) in [6, 6.07) is 5.94. The van der Waals surface area contributed by atoms with E-state index in [4.69, 9.17) is 4.74 Å². The van der Waals surface area contributed by atoms with Crippen LogP contribution >= 0.6 is 0 Å². The van der Waals surface area contributed by atoms with Gasteiger partial charge < -0.3 is 22.4 Å². The molecule has 0 fully saturated rings. The van der Waals surface area contributed by atoms with Crippen LogP contribution in [0, 0.1) is 0 Å². The van der Waals surface area contributed by atoms with Gasteiger partial charge in [-0.25, -0.2) is 0 Å². The number of methoxy groups -OCH3 is 1. The van der Waals surface area contributed by atoms with Crippen molar-refractivity contribution in [1.82, 2.24) is 0 Å². The summed E-state index contributed by atoms with van der Waals surface area (Å²) in [5, 5.41) is 0. The van der Waals surface area contributed by atoms with Gasteiger partial charge in [0, 0.05) is 0 Å². The van der Waals surface area contributed by atoms with E-state index in [0.717, 1.165) is 0 Å². The first-order chi connectivity index (χ1) is 6.51. The van der Waals surface area contributed by atoms with Crippen LogP contribution in [0.5, 0.6) is 11.5 Å². The van der Waals surface area contributed by atoms with Crippen LogP contribution < -0.4 is 60.9 Å². The average molecular weight is 244 g/mol. The maximum Gasteiger partial charge on any atom is 1.00 e. The SMILES string of the molecule is COc1ccc(OC[B-](F)(F)F)cc1.[K+]. The number of hydrogen-bond acceptors (Lipinski definition) is 2. The van der Waals surface area contributed by atoms with Gasteiger partial charge in [-0.1, -0.05) is 0 Å². The van der Waals surface area contributed by atoms with Crippen molar-refractivity contribution < 1.29 is 73.8 Å². The normalized spacial score (nSPS) is 10.4. The number of rotatable bonds is 4. The molecule has 0 aliphatic rings. The molecule has 0 aliphatic heterocycles. The zero-order chi connectivity index (χ0) is 10.6. The van der Waals surface area contributed by atoms with Gasteiger partial charge in [0.15, 0.2) is 0 Å². The Balaban J connectivity index is 0.00000196. The zero-order valence-corrected chi connectivity index (χ0v) is 11.7. The molecule has 0 N–H and O–H groups in total. The Hall–Kier alpha value is 0.311. The van der Waals surface area contributed by atoms with Crippen LogP contribution in [0.1, 0.15) is 0 Å². The molecule has 1 aromatic rings. The van der Waals surface area contributed by atoms with E-state index >= 15 is 0 Å². The molecule has 0 radical (unpaired) electrons. The Morgan fingerprint density at radius 2 is 1.53 bits per heavy atom. The predicted octanol–water partition coefficient (Wildman–Crippen LogP) is -0.535. The molecule has 0 saturated carbocycles. The second-order valence-corrected chi connectivity index (χ2v) is 2.70. The fraction of sp³-hybridized carbons (Fsp3) is 0.250. The molecule has 7 heteroatoms. The Kier molecular flexibility index (Phi) is 6.94. The van der Waals surface area contributed by atoms with Crippen molar-refractivity contribution in [3.8, 4) is 11.5 Å². The van der Waals surface area contributed by atoms with Gasteiger partial charge in [-0.3, -0.25) is 0 Å². The molecule has 0 aromatic heterocycles. The van der Waals surface area contributed by atoms with Crippen LogP contribution in [0.15, 0.2) is 24.3 Å². The van der Waals surface area contributed by atoms with E-state index in [1.165, 1.54) is 19.2 Å². The molecule has 78 valence electrons. The fourth-order valence-corrected chi connectivity index (χ4v) is 0.863. The number of hydrogen-bond donors (Lipinski definition) is 0. The molecule has 0 heterocycles. The topological polar surface area (TPSA) is 18.5 Å². The first-order valence-corrected chi connectivity index (χ1v) is 3.99. The summed E-state index contributed by atoms with van der Waals surface area (Å²) in [7, 11) is 1.48. The largest absolute Gasteiger partial charge is 1.00 e. The molecule has 0 atom stereocenters. The minimum absolute atomic E-state index is 0. The molecule has 15 heavy (non-hydrogen) atoms. The number of halogens is 3. The van der Waals surface area contributed by atoms with Crippen molar-refractivity contribution in [1.29, 1.82) is 0 Å². The summed E-state index contributed by atoms with van der Waals surface area (Å²) in [5.74, 6) is 0.764. The Morgan fingerprint density at radius 1 is 1.07 bits per heavy atom. The van der Waals surface area contributed by atoms with E-state index in [2.05, 4.69) is 4.74 Å². The van der Waals surface area contributed by atoms with Gasteiger partial charge in [0.2, 0.25) is 0 Å². The maximum atomic E-state index is 11.8. The Bertz CT molecular complexity index is 289. The summed E-state index contributed by atoms with van der Waals surface area (Å²) in [5.41, 5.74) is 0. The van der Waals surface area contributed by atoms with Crippen LogP contribution in [0.2, 0.25) is 0 Å². The van der Waals surface area contributed by atoms with Crippen molar-refractivity contribution in [3.05, 3.63) is 24.3 Å². The van der Waals surface area contributed by atoms with Gasteiger partial charge in [-0.2, -0.15) is 0 Å². The summed E-state index contributed by atoms with van der Waals surface area (Å²) in [4.78, 5) is 0. The predicted molar refractivity (Wildman–Crippen MR) is 47.6 cm³/mol. The molecule has 0 spiro atoms. The first-order valence-electron chi connectivity index (χ1n) is 3.99. The third-order valence-corrected chi connectivity index (χ3v) is 1.50. The summed E-state index contributed by atoms with van der Waals surface area (Å²) in [6.45, 7) is -6.11. The average Bonchev–Trinajstić information content (AvgIpc) is 2.14. The molecule has 1 aromatic carbocycles. The van der Waals surface area contributed by atoms with Gasteiger partial charge in [0.25, 0.3) is 0 Å². The Labute approximate surface area is 129 Å². The van der Waals surface area contributed by atoms with Crippen molar-refractivity contribution >= 4 is 6.98 Å². The summed E-state index contributed by atoms with van der Waals surface area (Å²) in [6.07, 6.45) is 0. The molecule has 0 aliphatic carbocycles. The van der Waals surface area contributed by atoms with Gasteiger partial charge in [0.1, 0.15) is 11.5 Å². The quantitative estimate of drug-likeness (QED) is 0.662. The standard InChI is InChI=1S/C8H9BF3O2.K/c1-13-7-2-4-8(5-3-7)14-6-9(10,11)12;/h2-5H,6H2,1H3;/q-1;+1. The van der Waals surface area contributed by atoms with E-state index < -0.39 is 13.5 Å². The van der Waals surface area contributed by atoms with Crippen LogP contribution in [-0.4, -0.2) is 20.6 Å². The molecule has 0 amide bonds. The van der Waals surface area contributed by atoms with E-state index in [9.17, 15) is 12.9 Å². The number of benzene rings is 1. The van der Waals surface area contributed by atoms with Crippen LogP contribution in [0.3, 0.4) is 0 Å². The van der Waals surface area contributed by atoms with Crippen LogP contribution in [-0.2, 0) is 0 Å². The van der Waals surface area contributed by atoms with Gasteiger partial charge in [-0.15, -0.1) is 0 Å². The fourth-order valence-electron chi connectivity index (χ4n) is 0.863. The van der Waals surface area contributed by atoms with Crippen molar-refractivity contribution in [2.45, 2.75) is 0 Å². The van der Waals surface area contributed by atoms with E-state index in [1.54, 1.807) is 12.1 Å². The molecule has 0 unspecified atom stereocenters. The first kappa shape index (κ1) is 15.3. The van der Waals surface area contributed by atoms with Crippen molar-refractivity contribution in [2.75, 3.05) is 13.6 Å². The van der Waals surface area contributed by atoms with Crippen LogP contribution in [0.4, 0.5) is 12.9 Å². The van der Waals surface area contributed by atoms with E-state index in [-0.39, 0.29) is 57.1 Å². The third-order valence-electron chi connectivity index (χ3n) is 1.50. The van der Waals surface area contributed by atoms with Gasteiger partial charge in [0.05, 0.1) is 13.6 Å². The second kappa shape index (κ2) is 6.80.